The molecule has 0 aliphatic rings. The molecule has 1 amide bonds. The lowest BCUT2D eigenvalue weighted by Gasteiger charge is -2.05. The monoisotopic (exact) mass is 251 g/mol. The summed E-state index contributed by atoms with van der Waals surface area (Å²) in [6.45, 7) is 3.99. The molecule has 17 heavy (non-hydrogen) atoms. The number of amides is 1. The largest absolute Gasteiger partial charge is 0.363 e. The first-order chi connectivity index (χ1) is 8.04. The molecular weight excluding hydrogens is 238 g/mol. The van der Waals surface area contributed by atoms with Crippen LogP contribution in [0.5, 0.6) is 0 Å². The van der Waals surface area contributed by atoms with Crippen LogP contribution in [0.1, 0.15) is 35.2 Å². The average molecular weight is 251 g/mol. The van der Waals surface area contributed by atoms with Crippen LogP contribution < -0.4 is 5.73 Å². The third-order valence-electron chi connectivity index (χ3n) is 2.59. The van der Waals surface area contributed by atoms with Gasteiger partial charge in [-0.15, -0.1) is 0 Å². The Hall–Kier alpha value is -1.76. The highest BCUT2D eigenvalue weighted by Gasteiger charge is 2.12. The molecule has 90 valence electrons. The Morgan fingerprint density at radius 1 is 1.53 bits per heavy atom. The van der Waals surface area contributed by atoms with Gasteiger partial charge in [0, 0.05) is 11.3 Å². The van der Waals surface area contributed by atoms with E-state index < -0.39 is 5.91 Å². The normalized spacial score (nSPS) is 10.9. The predicted molar refractivity (Wildman–Crippen MR) is 65.4 cm³/mol. The minimum Gasteiger partial charge on any atom is -0.363 e. The van der Waals surface area contributed by atoms with Crippen molar-refractivity contribution in [2.24, 2.45) is 5.73 Å². The van der Waals surface area contributed by atoms with Gasteiger partial charge in [0.2, 0.25) is 5.82 Å². The van der Waals surface area contributed by atoms with E-state index in [1.54, 1.807) is 4.52 Å². The minimum atomic E-state index is -0.613. The maximum Gasteiger partial charge on any atom is 0.286 e. The molecular formula is C10H13N5OS. The van der Waals surface area contributed by atoms with Crippen molar-refractivity contribution >= 4 is 23.9 Å². The van der Waals surface area contributed by atoms with Crippen LogP contribution in [0.25, 0.3) is 5.78 Å². The van der Waals surface area contributed by atoms with E-state index in [9.17, 15) is 4.79 Å². The number of fused-ring (bicyclic) bond motifs is 1. The Morgan fingerprint density at radius 3 is 2.82 bits per heavy atom. The van der Waals surface area contributed by atoms with Crippen molar-refractivity contribution in [3.63, 3.8) is 0 Å². The Kier molecular flexibility index (Phi) is 2.93. The van der Waals surface area contributed by atoms with Crippen molar-refractivity contribution in [3.8, 4) is 0 Å². The van der Waals surface area contributed by atoms with Crippen molar-refractivity contribution < 1.29 is 4.79 Å². The van der Waals surface area contributed by atoms with E-state index in [1.165, 1.54) is 0 Å². The highest BCUT2D eigenvalue weighted by molar-refractivity contribution is 7.71. The molecule has 0 aromatic carbocycles. The number of carbonyl (C=O) groups excluding carboxylic acids is 1. The molecule has 2 aromatic rings. The zero-order valence-electron chi connectivity index (χ0n) is 9.65. The van der Waals surface area contributed by atoms with Crippen LogP contribution in [0.4, 0.5) is 0 Å². The second-order valence-corrected chi connectivity index (χ2v) is 4.19. The molecule has 0 bridgehead atoms. The number of nitrogens with two attached hydrogens (primary N) is 1. The summed E-state index contributed by atoms with van der Waals surface area (Å²) < 4.78 is 2.17. The summed E-state index contributed by atoms with van der Waals surface area (Å²) in [4.78, 5) is 19.2. The second-order valence-electron chi connectivity index (χ2n) is 3.80. The van der Waals surface area contributed by atoms with Gasteiger partial charge < -0.3 is 5.73 Å². The molecule has 0 atom stereocenters. The fourth-order valence-corrected chi connectivity index (χ4v) is 2.07. The molecule has 0 saturated carbocycles. The Balaban J connectivity index is 2.73. The molecule has 7 heteroatoms. The number of hydrogen-bond acceptors (Lipinski definition) is 4. The molecule has 0 fully saturated rings. The topological polar surface area (TPSA) is 89.1 Å². The van der Waals surface area contributed by atoms with E-state index in [2.05, 4.69) is 22.0 Å². The van der Waals surface area contributed by atoms with Crippen LogP contribution >= 0.6 is 12.2 Å². The van der Waals surface area contributed by atoms with E-state index in [4.69, 9.17) is 18.0 Å². The fourth-order valence-electron chi connectivity index (χ4n) is 1.74. The number of primary amides is 1. The molecule has 0 saturated heterocycles. The lowest BCUT2D eigenvalue weighted by Crippen LogP contribution is -2.13. The third kappa shape index (κ3) is 1.93. The summed E-state index contributed by atoms with van der Waals surface area (Å²) in [5.74, 6) is -0.150. The van der Waals surface area contributed by atoms with Gasteiger partial charge in [-0.1, -0.05) is 25.6 Å². The lowest BCUT2D eigenvalue weighted by atomic mass is 10.1. The van der Waals surface area contributed by atoms with E-state index in [1.807, 2.05) is 6.92 Å². The fraction of sp³-hybridized carbons (Fsp3) is 0.400. The molecule has 3 N–H and O–H groups in total. The summed E-state index contributed by atoms with van der Waals surface area (Å²) in [7, 11) is 0. The molecule has 0 radical (unpaired) electrons. The van der Waals surface area contributed by atoms with E-state index in [0.717, 1.165) is 24.1 Å². The van der Waals surface area contributed by atoms with Crippen molar-refractivity contribution in [3.05, 3.63) is 21.7 Å². The highest BCUT2D eigenvalue weighted by atomic mass is 32.1. The lowest BCUT2D eigenvalue weighted by molar-refractivity contribution is 0.0990. The Morgan fingerprint density at radius 2 is 2.24 bits per heavy atom. The van der Waals surface area contributed by atoms with Crippen molar-refractivity contribution in [1.29, 1.82) is 0 Å². The van der Waals surface area contributed by atoms with Crippen LogP contribution in [0, 0.1) is 11.6 Å². The number of aromatic nitrogens is 4. The molecule has 0 spiro atoms. The predicted octanol–water partition coefficient (Wildman–Crippen LogP) is 1.15. The maximum absolute atomic E-state index is 11.0. The number of carbonyl (C=O) groups is 1. The molecule has 0 aliphatic heterocycles. The second kappa shape index (κ2) is 4.25. The molecule has 0 aliphatic carbocycles. The first kappa shape index (κ1) is 11.7. The minimum absolute atomic E-state index is 0.0867. The molecule has 2 aromatic heterocycles. The standard InChI is InChI=1S/C10H13N5OS/c1-3-4-6-5(2)15-10(13-9(6)17)12-8(14-15)7(11)16/h3-4H2,1-2H3,(H2,11,16)(H,12,13,14,17). The average Bonchev–Trinajstić information content (AvgIpc) is 2.68. The molecule has 0 unspecified atom stereocenters. The van der Waals surface area contributed by atoms with Crippen molar-refractivity contribution in [1.82, 2.24) is 19.6 Å². The van der Waals surface area contributed by atoms with Crippen LogP contribution in [-0.4, -0.2) is 25.5 Å². The Bertz CT molecular complexity index is 642. The van der Waals surface area contributed by atoms with Gasteiger partial charge in [0.1, 0.15) is 4.64 Å². The van der Waals surface area contributed by atoms with E-state index in [-0.39, 0.29) is 5.82 Å². The summed E-state index contributed by atoms with van der Waals surface area (Å²) in [5.41, 5.74) is 7.08. The number of nitrogens with zero attached hydrogens (tertiary/aromatic N) is 3. The van der Waals surface area contributed by atoms with Crippen LogP contribution in [0.3, 0.4) is 0 Å². The van der Waals surface area contributed by atoms with Gasteiger partial charge in [-0.3, -0.25) is 9.89 Å². The maximum atomic E-state index is 11.0. The van der Waals surface area contributed by atoms with Gasteiger partial charge in [0.05, 0.1) is 0 Å². The van der Waals surface area contributed by atoms with Gasteiger partial charge in [-0.2, -0.15) is 9.97 Å². The van der Waals surface area contributed by atoms with Crippen LogP contribution in [-0.2, 0) is 6.42 Å². The van der Waals surface area contributed by atoms with Crippen molar-refractivity contribution in [2.75, 3.05) is 0 Å². The first-order valence-corrected chi connectivity index (χ1v) is 5.73. The number of H-pyrrole nitrogens is 1. The number of aryl methyl sites for hydroxylation is 1. The number of nitrogens with one attached hydrogen (secondary N) is 1. The summed E-state index contributed by atoms with van der Waals surface area (Å²) in [6.07, 6.45) is 1.83. The van der Waals surface area contributed by atoms with E-state index >= 15 is 0 Å². The quantitative estimate of drug-likeness (QED) is 0.801. The van der Waals surface area contributed by atoms with Crippen LogP contribution in [0.15, 0.2) is 0 Å². The van der Waals surface area contributed by atoms with Crippen molar-refractivity contribution in [2.45, 2.75) is 26.7 Å². The summed E-state index contributed by atoms with van der Waals surface area (Å²) >= 11 is 5.21. The number of rotatable bonds is 3. The zero-order chi connectivity index (χ0) is 12.6. The van der Waals surface area contributed by atoms with E-state index in [0.29, 0.717) is 10.4 Å². The summed E-state index contributed by atoms with van der Waals surface area (Å²) in [5, 5.41) is 2.81. The van der Waals surface area contributed by atoms with Gasteiger partial charge in [-0.25, -0.2) is 4.52 Å². The van der Waals surface area contributed by atoms with Gasteiger partial charge in [-0.05, 0) is 13.3 Å². The highest BCUT2D eigenvalue weighted by Crippen LogP contribution is 2.12. The van der Waals surface area contributed by atoms with Crippen LogP contribution in [0.2, 0.25) is 0 Å². The zero-order valence-corrected chi connectivity index (χ0v) is 10.5. The Labute approximate surface area is 103 Å². The third-order valence-corrected chi connectivity index (χ3v) is 2.93. The van der Waals surface area contributed by atoms with Gasteiger partial charge in [0.25, 0.3) is 11.7 Å². The number of hydrogen-bond donors (Lipinski definition) is 2. The summed E-state index contributed by atoms with van der Waals surface area (Å²) in [6, 6.07) is 0. The van der Waals surface area contributed by atoms with Gasteiger partial charge >= 0.3 is 0 Å². The smallest absolute Gasteiger partial charge is 0.286 e. The molecule has 2 heterocycles. The molecule has 6 nitrogen and oxygen atoms in total. The number of aromatic amines is 1. The SMILES string of the molecule is CCCc1c(C)n2[nH]c(C(N)=O)nc2nc1=S. The molecule has 2 rings (SSSR count). The first-order valence-electron chi connectivity index (χ1n) is 5.32. The van der Waals surface area contributed by atoms with Gasteiger partial charge in [0.15, 0.2) is 0 Å².